The molecule has 4 amide bonds. The predicted octanol–water partition coefficient (Wildman–Crippen LogP) is 5.09. The summed E-state index contributed by atoms with van der Waals surface area (Å²) in [6, 6.07) is 12.7. The van der Waals surface area contributed by atoms with Crippen molar-refractivity contribution in [3.63, 3.8) is 0 Å². The van der Waals surface area contributed by atoms with Crippen molar-refractivity contribution in [2.75, 3.05) is 12.0 Å². The Bertz CT molecular complexity index is 1550. The summed E-state index contributed by atoms with van der Waals surface area (Å²) in [5, 5.41) is 2.25. The first-order chi connectivity index (χ1) is 17.5. The molecule has 1 heterocycles. The minimum Gasteiger partial charge on any atom is -0.497 e. The lowest BCUT2D eigenvalue weighted by Gasteiger charge is -2.26. The standard InChI is InChI=1S/C24H15Cl3N2O7S/c1-35-17-6-4-16(5-7-17)29-23(31)19(22(30)28-24(29)32)11-13-10-15(26)12-20(27)21(13)36-37(33,34)18-8-2-14(25)3-9-18/h2-12H,1H3,(H,28,30,32)/b19-11+. The third kappa shape index (κ3) is 5.57. The lowest BCUT2D eigenvalue weighted by Crippen LogP contribution is -2.54. The minimum atomic E-state index is -4.40. The molecule has 4 rings (SSSR count). The zero-order valence-corrected chi connectivity index (χ0v) is 21.8. The Morgan fingerprint density at radius 1 is 0.892 bits per heavy atom. The second-order valence-electron chi connectivity index (χ2n) is 7.45. The number of carbonyl (C=O) groups excluding carboxylic acids is 3. The lowest BCUT2D eigenvalue weighted by molar-refractivity contribution is -0.122. The van der Waals surface area contributed by atoms with Gasteiger partial charge in [0.25, 0.3) is 11.8 Å². The van der Waals surface area contributed by atoms with E-state index in [9.17, 15) is 22.8 Å². The number of imide groups is 2. The fourth-order valence-corrected chi connectivity index (χ4v) is 5.00. The number of hydrogen-bond donors (Lipinski definition) is 1. The smallest absolute Gasteiger partial charge is 0.339 e. The number of rotatable bonds is 6. The van der Waals surface area contributed by atoms with Crippen LogP contribution in [0.4, 0.5) is 10.5 Å². The van der Waals surface area contributed by atoms with Crippen molar-refractivity contribution in [3.05, 3.63) is 86.9 Å². The summed E-state index contributed by atoms with van der Waals surface area (Å²) in [6.45, 7) is 0. The number of anilines is 1. The predicted molar refractivity (Wildman–Crippen MR) is 138 cm³/mol. The highest BCUT2D eigenvalue weighted by Crippen LogP contribution is 2.36. The molecule has 1 aliphatic rings. The van der Waals surface area contributed by atoms with E-state index >= 15 is 0 Å². The average molecular weight is 582 g/mol. The van der Waals surface area contributed by atoms with E-state index in [1.807, 2.05) is 0 Å². The van der Waals surface area contributed by atoms with Gasteiger partial charge >= 0.3 is 16.1 Å². The minimum absolute atomic E-state index is 0.0693. The molecule has 1 N–H and O–H groups in total. The van der Waals surface area contributed by atoms with Crippen LogP contribution in [0.2, 0.25) is 15.1 Å². The summed E-state index contributed by atoms with van der Waals surface area (Å²) >= 11 is 18.2. The van der Waals surface area contributed by atoms with Crippen LogP contribution in [0.15, 0.2) is 71.1 Å². The first-order valence-corrected chi connectivity index (χ1v) is 12.8. The second kappa shape index (κ2) is 10.4. The maximum Gasteiger partial charge on any atom is 0.339 e. The van der Waals surface area contributed by atoms with Gasteiger partial charge in [-0.3, -0.25) is 14.9 Å². The molecule has 37 heavy (non-hydrogen) atoms. The molecule has 0 bridgehead atoms. The van der Waals surface area contributed by atoms with Crippen molar-refractivity contribution >= 4 is 74.5 Å². The van der Waals surface area contributed by atoms with E-state index in [1.54, 1.807) is 0 Å². The summed E-state index contributed by atoms with van der Waals surface area (Å²) in [6.07, 6.45) is 1.03. The van der Waals surface area contributed by atoms with Gasteiger partial charge in [0.15, 0.2) is 5.75 Å². The Morgan fingerprint density at radius 3 is 2.16 bits per heavy atom. The highest BCUT2D eigenvalue weighted by molar-refractivity contribution is 7.87. The molecule has 0 atom stereocenters. The fraction of sp³-hybridized carbons (Fsp3) is 0.0417. The molecular formula is C24H15Cl3N2O7S. The number of nitrogens with zero attached hydrogens (tertiary/aromatic N) is 1. The molecule has 1 saturated heterocycles. The van der Waals surface area contributed by atoms with Crippen molar-refractivity contribution in [1.82, 2.24) is 5.32 Å². The van der Waals surface area contributed by atoms with Crippen LogP contribution in [0.1, 0.15) is 5.56 Å². The van der Waals surface area contributed by atoms with Gasteiger partial charge in [-0.05, 0) is 66.7 Å². The highest BCUT2D eigenvalue weighted by atomic mass is 35.5. The summed E-state index contributed by atoms with van der Waals surface area (Å²) in [5.74, 6) is -1.89. The summed E-state index contributed by atoms with van der Waals surface area (Å²) in [7, 11) is -2.95. The maximum atomic E-state index is 13.2. The number of urea groups is 1. The van der Waals surface area contributed by atoms with E-state index in [4.69, 9.17) is 43.7 Å². The third-order valence-corrected chi connectivity index (χ3v) is 7.05. The molecule has 0 aromatic heterocycles. The number of methoxy groups -OCH3 is 1. The van der Waals surface area contributed by atoms with E-state index in [0.29, 0.717) is 10.8 Å². The maximum absolute atomic E-state index is 13.2. The molecular weight excluding hydrogens is 567 g/mol. The van der Waals surface area contributed by atoms with Crippen LogP contribution >= 0.6 is 34.8 Å². The van der Waals surface area contributed by atoms with Gasteiger partial charge in [-0.15, -0.1) is 0 Å². The van der Waals surface area contributed by atoms with E-state index in [-0.39, 0.29) is 31.9 Å². The van der Waals surface area contributed by atoms with Crippen molar-refractivity contribution in [2.24, 2.45) is 0 Å². The van der Waals surface area contributed by atoms with Gasteiger partial charge in [-0.1, -0.05) is 34.8 Å². The van der Waals surface area contributed by atoms with Gasteiger partial charge < -0.3 is 8.92 Å². The molecule has 9 nitrogen and oxygen atoms in total. The van der Waals surface area contributed by atoms with Gasteiger partial charge in [0.1, 0.15) is 16.2 Å². The lowest BCUT2D eigenvalue weighted by atomic mass is 10.1. The molecule has 0 radical (unpaired) electrons. The van der Waals surface area contributed by atoms with Gasteiger partial charge in [0.2, 0.25) is 0 Å². The Balaban J connectivity index is 1.77. The molecule has 1 aliphatic heterocycles. The van der Waals surface area contributed by atoms with Crippen LogP contribution in [0.25, 0.3) is 6.08 Å². The van der Waals surface area contributed by atoms with Gasteiger partial charge in [-0.2, -0.15) is 8.42 Å². The number of nitrogens with one attached hydrogen (secondary N) is 1. The van der Waals surface area contributed by atoms with Crippen LogP contribution in [0.5, 0.6) is 11.5 Å². The highest BCUT2D eigenvalue weighted by Gasteiger charge is 2.37. The quantitative estimate of drug-likeness (QED) is 0.245. The van der Waals surface area contributed by atoms with E-state index in [0.717, 1.165) is 11.0 Å². The second-order valence-corrected chi connectivity index (χ2v) is 10.3. The molecule has 190 valence electrons. The summed E-state index contributed by atoms with van der Waals surface area (Å²) in [5.41, 5.74) is -0.437. The number of ether oxygens (including phenoxy) is 1. The van der Waals surface area contributed by atoms with E-state index < -0.39 is 33.5 Å². The topological polar surface area (TPSA) is 119 Å². The summed E-state index contributed by atoms with van der Waals surface area (Å²) in [4.78, 5) is 38.8. The molecule has 0 aliphatic carbocycles. The largest absolute Gasteiger partial charge is 0.497 e. The molecule has 13 heteroatoms. The number of halogens is 3. The van der Waals surface area contributed by atoms with Gasteiger partial charge in [0.05, 0.1) is 17.8 Å². The normalized spacial score (nSPS) is 15.1. The van der Waals surface area contributed by atoms with Crippen LogP contribution < -0.4 is 19.1 Å². The zero-order chi connectivity index (χ0) is 26.9. The van der Waals surface area contributed by atoms with E-state index in [1.165, 1.54) is 67.8 Å². The fourth-order valence-electron chi connectivity index (χ4n) is 3.31. The third-order valence-electron chi connectivity index (χ3n) is 5.06. The van der Waals surface area contributed by atoms with Crippen molar-refractivity contribution < 1.29 is 31.7 Å². The van der Waals surface area contributed by atoms with Gasteiger partial charge in [-0.25, -0.2) is 9.69 Å². The number of carbonyl (C=O) groups is 3. The molecule has 0 unspecified atom stereocenters. The van der Waals surface area contributed by atoms with Gasteiger partial charge in [0, 0.05) is 15.6 Å². The van der Waals surface area contributed by atoms with E-state index in [2.05, 4.69) is 5.32 Å². The molecule has 0 saturated carbocycles. The summed E-state index contributed by atoms with van der Waals surface area (Å²) < 4.78 is 36.1. The molecule has 0 spiro atoms. The zero-order valence-electron chi connectivity index (χ0n) is 18.7. The number of amides is 4. The van der Waals surface area contributed by atoms with Crippen LogP contribution in [0, 0.1) is 0 Å². The van der Waals surface area contributed by atoms with Crippen LogP contribution in [-0.2, 0) is 19.7 Å². The van der Waals surface area contributed by atoms with Crippen LogP contribution in [-0.4, -0.2) is 33.4 Å². The first-order valence-electron chi connectivity index (χ1n) is 10.2. The average Bonchev–Trinajstić information content (AvgIpc) is 2.84. The molecule has 3 aromatic rings. The Labute approximate surface area is 226 Å². The first kappa shape index (κ1) is 26.5. The monoisotopic (exact) mass is 580 g/mol. The Hall–Kier alpha value is -3.57. The Kier molecular flexibility index (Phi) is 7.47. The van der Waals surface area contributed by atoms with Crippen LogP contribution in [0.3, 0.4) is 0 Å². The van der Waals surface area contributed by atoms with Crippen molar-refractivity contribution in [2.45, 2.75) is 4.90 Å². The Morgan fingerprint density at radius 2 is 1.54 bits per heavy atom. The van der Waals surface area contributed by atoms with Crippen molar-refractivity contribution in [1.29, 1.82) is 0 Å². The number of hydrogen-bond acceptors (Lipinski definition) is 7. The van der Waals surface area contributed by atoms with Crippen molar-refractivity contribution in [3.8, 4) is 11.5 Å². The number of barbiturate groups is 1. The number of benzene rings is 3. The molecule has 1 fully saturated rings. The SMILES string of the molecule is COc1ccc(N2C(=O)NC(=O)/C(=C\c3cc(Cl)cc(Cl)c3OS(=O)(=O)c3ccc(Cl)cc3)C2=O)cc1. The molecule has 3 aromatic carbocycles.